The van der Waals surface area contributed by atoms with Crippen LogP contribution in [0.25, 0.3) is 0 Å². The fourth-order valence-electron chi connectivity index (χ4n) is 2.38. The molecule has 1 fully saturated rings. The van der Waals surface area contributed by atoms with Gasteiger partial charge in [-0.3, -0.25) is 4.79 Å². The van der Waals surface area contributed by atoms with E-state index in [1.165, 1.54) is 6.42 Å². The minimum Gasteiger partial charge on any atom is -0.326 e. The smallest absolute Gasteiger partial charge is 0.225 e. The lowest BCUT2D eigenvalue weighted by Crippen LogP contribution is -2.39. The summed E-state index contributed by atoms with van der Waals surface area (Å²) in [7, 11) is 0. The van der Waals surface area contributed by atoms with Gasteiger partial charge in [-0.25, -0.2) is 0 Å². The highest BCUT2D eigenvalue weighted by atomic mass is 32.2. The molecule has 1 amide bonds. The third-order valence-corrected chi connectivity index (χ3v) is 4.98. The normalized spacial score (nSPS) is 19.0. The van der Waals surface area contributed by atoms with E-state index in [2.05, 4.69) is 23.2 Å². The number of benzene rings is 1. The van der Waals surface area contributed by atoms with E-state index >= 15 is 0 Å². The lowest BCUT2D eigenvalue weighted by atomic mass is 10.2. The molecule has 0 spiro atoms. The number of hydrogen-bond donors (Lipinski definition) is 1. The lowest BCUT2D eigenvalue weighted by molar-refractivity contribution is -0.116. The number of carbonyl (C=O) groups is 1. The molecule has 1 aliphatic heterocycles. The largest absolute Gasteiger partial charge is 0.326 e. The lowest BCUT2D eigenvalue weighted by Gasteiger charge is -2.31. The third-order valence-electron chi connectivity index (χ3n) is 3.61. The minimum atomic E-state index is 0.0105. The van der Waals surface area contributed by atoms with E-state index in [0.717, 1.165) is 25.4 Å². The molecule has 2 rings (SSSR count). The molecule has 4 nitrogen and oxygen atoms in total. The van der Waals surface area contributed by atoms with Crippen LogP contribution in [0.3, 0.4) is 0 Å². The van der Waals surface area contributed by atoms with Crippen LogP contribution in [0.4, 0.5) is 5.69 Å². The zero-order chi connectivity index (χ0) is 15.1. The van der Waals surface area contributed by atoms with Crippen LogP contribution in [-0.4, -0.2) is 41.4 Å². The molecule has 1 atom stereocenters. The molecule has 0 radical (unpaired) electrons. The molecule has 1 unspecified atom stereocenters. The Morgan fingerprint density at radius 1 is 1.57 bits per heavy atom. The van der Waals surface area contributed by atoms with Gasteiger partial charge in [0.1, 0.15) is 0 Å². The van der Waals surface area contributed by atoms with Crippen molar-refractivity contribution in [1.82, 2.24) is 4.90 Å². The molecule has 1 heterocycles. The number of nitrogens with zero attached hydrogens (tertiary/aromatic N) is 2. The van der Waals surface area contributed by atoms with Crippen LogP contribution in [-0.2, 0) is 4.79 Å². The first-order valence-corrected chi connectivity index (χ1v) is 8.40. The number of hydrogen-bond acceptors (Lipinski definition) is 4. The van der Waals surface area contributed by atoms with E-state index in [0.29, 0.717) is 22.9 Å². The first-order valence-electron chi connectivity index (χ1n) is 7.35. The number of anilines is 1. The van der Waals surface area contributed by atoms with E-state index in [9.17, 15) is 4.79 Å². The number of thioether (sulfide) groups is 1. The van der Waals surface area contributed by atoms with Crippen molar-refractivity contribution in [3.05, 3.63) is 29.8 Å². The maximum absolute atomic E-state index is 12.0. The molecule has 1 aliphatic rings. The number of amides is 1. The van der Waals surface area contributed by atoms with Crippen molar-refractivity contribution in [3.63, 3.8) is 0 Å². The Balaban J connectivity index is 1.78. The Morgan fingerprint density at radius 3 is 3.19 bits per heavy atom. The maximum atomic E-state index is 12.0. The summed E-state index contributed by atoms with van der Waals surface area (Å²) in [6.07, 6.45) is 1.69. The highest BCUT2D eigenvalue weighted by Gasteiger charge is 2.19. The molecule has 1 aromatic rings. The SMILES string of the molecule is CCC1CN(CCC(=O)Nc2cccc(C#N)c2)CCS1. The third kappa shape index (κ3) is 5.07. The number of nitrogens with one attached hydrogen (secondary N) is 1. The summed E-state index contributed by atoms with van der Waals surface area (Å²) in [5.41, 5.74) is 1.26. The molecule has 0 bridgehead atoms. The van der Waals surface area contributed by atoms with Gasteiger partial charge in [-0.05, 0) is 24.6 Å². The van der Waals surface area contributed by atoms with Gasteiger partial charge in [0, 0.05) is 42.7 Å². The first kappa shape index (κ1) is 15.9. The molecule has 0 aromatic heterocycles. The van der Waals surface area contributed by atoms with Crippen molar-refractivity contribution in [2.45, 2.75) is 25.0 Å². The van der Waals surface area contributed by atoms with Crippen LogP contribution in [0.1, 0.15) is 25.3 Å². The average Bonchev–Trinajstić information content (AvgIpc) is 2.53. The standard InChI is InChI=1S/C16H21N3OS/c1-2-15-12-19(8-9-21-15)7-6-16(20)18-14-5-3-4-13(10-14)11-17/h3-5,10,15H,2,6-9,12H2,1H3,(H,18,20). The van der Waals surface area contributed by atoms with Gasteiger partial charge in [0.15, 0.2) is 0 Å². The van der Waals surface area contributed by atoms with E-state index in [-0.39, 0.29) is 5.91 Å². The fourth-order valence-corrected chi connectivity index (χ4v) is 3.63. The fraction of sp³-hybridized carbons (Fsp3) is 0.500. The van der Waals surface area contributed by atoms with Gasteiger partial charge >= 0.3 is 0 Å². The molecular weight excluding hydrogens is 282 g/mol. The van der Waals surface area contributed by atoms with Crippen molar-refractivity contribution >= 4 is 23.4 Å². The van der Waals surface area contributed by atoms with Crippen LogP contribution >= 0.6 is 11.8 Å². The molecular formula is C16H21N3OS. The van der Waals surface area contributed by atoms with Crippen LogP contribution < -0.4 is 5.32 Å². The van der Waals surface area contributed by atoms with E-state index in [1.807, 2.05) is 17.8 Å². The molecule has 1 N–H and O–H groups in total. The Kier molecular flexibility index (Phi) is 6.09. The van der Waals surface area contributed by atoms with Crippen molar-refractivity contribution in [2.75, 3.05) is 30.7 Å². The maximum Gasteiger partial charge on any atom is 0.225 e. The highest BCUT2D eigenvalue weighted by molar-refractivity contribution is 8.00. The highest BCUT2D eigenvalue weighted by Crippen LogP contribution is 2.21. The second-order valence-electron chi connectivity index (χ2n) is 5.19. The zero-order valence-corrected chi connectivity index (χ0v) is 13.2. The minimum absolute atomic E-state index is 0.0105. The summed E-state index contributed by atoms with van der Waals surface area (Å²) in [5.74, 6) is 1.17. The molecule has 0 saturated carbocycles. The second kappa shape index (κ2) is 8.06. The first-order chi connectivity index (χ1) is 10.2. The van der Waals surface area contributed by atoms with E-state index in [1.54, 1.807) is 18.2 Å². The summed E-state index contributed by atoms with van der Waals surface area (Å²) in [5, 5.41) is 12.4. The number of nitriles is 1. The topological polar surface area (TPSA) is 56.1 Å². The molecule has 21 heavy (non-hydrogen) atoms. The van der Waals surface area contributed by atoms with Crippen LogP contribution in [0.15, 0.2) is 24.3 Å². The number of rotatable bonds is 5. The molecule has 5 heteroatoms. The summed E-state index contributed by atoms with van der Waals surface area (Å²) >= 11 is 2.04. The van der Waals surface area contributed by atoms with Gasteiger partial charge in [0.25, 0.3) is 0 Å². The average molecular weight is 303 g/mol. The van der Waals surface area contributed by atoms with Gasteiger partial charge in [-0.1, -0.05) is 13.0 Å². The predicted molar refractivity (Wildman–Crippen MR) is 87.4 cm³/mol. The van der Waals surface area contributed by atoms with Crippen molar-refractivity contribution in [3.8, 4) is 6.07 Å². The summed E-state index contributed by atoms with van der Waals surface area (Å²) < 4.78 is 0. The summed E-state index contributed by atoms with van der Waals surface area (Å²) in [4.78, 5) is 14.4. The quantitative estimate of drug-likeness (QED) is 0.908. The molecule has 0 aliphatic carbocycles. The van der Waals surface area contributed by atoms with Gasteiger partial charge in [0.2, 0.25) is 5.91 Å². The van der Waals surface area contributed by atoms with Gasteiger partial charge in [-0.15, -0.1) is 0 Å². The van der Waals surface area contributed by atoms with Crippen LogP contribution in [0.2, 0.25) is 0 Å². The van der Waals surface area contributed by atoms with Crippen molar-refractivity contribution in [2.24, 2.45) is 0 Å². The van der Waals surface area contributed by atoms with Crippen LogP contribution in [0.5, 0.6) is 0 Å². The summed E-state index contributed by atoms with van der Waals surface area (Å²) in [6, 6.07) is 9.09. The Morgan fingerprint density at radius 2 is 2.43 bits per heavy atom. The van der Waals surface area contributed by atoms with Gasteiger partial charge in [-0.2, -0.15) is 17.0 Å². The van der Waals surface area contributed by atoms with Crippen molar-refractivity contribution < 1.29 is 4.79 Å². The Labute approximate surface area is 130 Å². The van der Waals surface area contributed by atoms with Crippen molar-refractivity contribution in [1.29, 1.82) is 5.26 Å². The molecule has 1 aromatic carbocycles. The Hall–Kier alpha value is -1.51. The van der Waals surface area contributed by atoms with E-state index < -0.39 is 0 Å². The Bertz CT molecular complexity index is 526. The predicted octanol–water partition coefficient (Wildman–Crippen LogP) is 2.71. The van der Waals surface area contributed by atoms with Crippen LogP contribution in [0, 0.1) is 11.3 Å². The zero-order valence-electron chi connectivity index (χ0n) is 12.3. The van der Waals surface area contributed by atoms with Gasteiger partial charge < -0.3 is 10.2 Å². The monoisotopic (exact) mass is 303 g/mol. The molecule has 1 saturated heterocycles. The van der Waals surface area contributed by atoms with E-state index in [4.69, 9.17) is 5.26 Å². The second-order valence-corrected chi connectivity index (χ2v) is 6.60. The number of carbonyl (C=O) groups excluding carboxylic acids is 1. The summed E-state index contributed by atoms with van der Waals surface area (Å²) in [6.45, 7) is 5.17. The molecule has 112 valence electrons. The van der Waals surface area contributed by atoms with Gasteiger partial charge in [0.05, 0.1) is 11.6 Å².